The van der Waals surface area contributed by atoms with Gasteiger partial charge in [0.15, 0.2) is 0 Å². The lowest BCUT2D eigenvalue weighted by Gasteiger charge is -2.25. The molecule has 5 heteroatoms. The van der Waals surface area contributed by atoms with Crippen molar-refractivity contribution in [1.82, 2.24) is 0 Å². The minimum Gasteiger partial charge on any atom is -0.385 e. The molecule has 0 bridgehead atoms. The van der Waals surface area contributed by atoms with Crippen molar-refractivity contribution in [2.75, 3.05) is 31.7 Å². The van der Waals surface area contributed by atoms with Gasteiger partial charge in [-0.1, -0.05) is 37.6 Å². The molecule has 0 amide bonds. The normalized spacial score (nSPS) is 11.4. The van der Waals surface area contributed by atoms with E-state index < -0.39 is 8.80 Å². The highest BCUT2D eigenvalue weighted by molar-refractivity contribution is 6.66. The first-order valence-electron chi connectivity index (χ1n) is 8.60. The van der Waals surface area contributed by atoms with E-state index in [1.807, 2.05) is 32.0 Å². The molecule has 0 saturated carbocycles. The Bertz CT molecular complexity index is 408. The number of unbranched alkanes of at least 4 members (excludes halogenated alkanes) is 3. The fourth-order valence-electron chi connectivity index (χ4n) is 2.29. The minimum atomic E-state index is -2.64. The number of hydrogen-bond donors (Lipinski definition) is 1. The first-order chi connectivity index (χ1) is 11.3. The molecule has 130 valence electrons. The molecule has 0 unspecified atom stereocenters. The summed E-state index contributed by atoms with van der Waals surface area (Å²) in [7, 11) is -2.64. The molecule has 1 N–H and O–H groups in total. The van der Waals surface area contributed by atoms with Crippen LogP contribution in [0.15, 0.2) is 42.6 Å². The van der Waals surface area contributed by atoms with Crippen LogP contribution in [0.5, 0.6) is 0 Å². The second-order valence-electron chi connectivity index (χ2n) is 5.23. The van der Waals surface area contributed by atoms with E-state index in [0.29, 0.717) is 19.8 Å². The summed E-state index contributed by atoms with van der Waals surface area (Å²) in [6, 6.07) is 10.3. The first-order valence-corrected chi connectivity index (χ1v) is 10.4. The summed E-state index contributed by atoms with van der Waals surface area (Å²) >= 11 is 0. The summed E-state index contributed by atoms with van der Waals surface area (Å²) in [4.78, 5) is 0. The van der Waals surface area contributed by atoms with Crippen LogP contribution >= 0.6 is 0 Å². The number of anilines is 1. The van der Waals surface area contributed by atoms with Crippen LogP contribution in [0.25, 0.3) is 0 Å². The molecule has 23 heavy (non-hydrogen) atoms. The van der Waals surface area contributed by atoms with Gasteiger partial charge in [-0.05, 0) is 44.5 Å². The van der Waals surface area contributed by atoms with Gasteiger partial charge >= 0.3 is 8.80 Å². The highest BCUT2D eigenvalue weighted by Gasteiger charge is 2.36. The molecule has 0 radical (unpaired) electrons. The van der Waals surface area contributed by atoms with E-state index in [1.54, 1.807) is 5.70 Å². The predicted octanol–water partition coefficient (Wildman–Crippen LogP) is 4.41. The van der Waals surface area contributed by atoms with Crippen molar-refractivity contribution in [1.29, 1.82) is 0 Å². The number of benzene rings is 1. The molecule has 0 fully saturated rings. The van der Waals surface area contributed by atoms with Gasteiger partial charge in [-0.3, -0.25) is 0 Å². The first kappa shape index (κ1) is 19.9. The average Bonchev–Trinajstić information content (AvgIpc) is 2.58. The van der Waals surface area contributed by atoms with E-state index in [9.17, 15) is 0 Å². The average molecular weight is 338 g/mol. The van der Waals surface area contributed by atoms with Crippen LogP contribution < -0.4 is 5.32 Å². The van der Waals surface area contributed by atoms with Crippen molar-refractivity contribution < 1.29 is 13.3 Å². The third kappa shape index (κ3) is 8.32. The Morgan fingerprint density at radius 1 is 0.957 bits per heavy atom. The van der Waals surface area contributed by atoms with Gasteiger partial charge in [-0.2, -0.15) is 0 Å². The lowest BCUT2D eigenvalue weighted by molar-refractivity contribution is 0.0784. The number of nitrogens with one attached hydrogen (secondary N) is 1. The Balaban J connectivity index is 2.08. The van der Waals surface area contributed by atoms with E-state index >= 15 is 0 Å². The molecule has 1 aromatic carbocycles. The van der Waals surface area contributed by atoms with Gasteiger partial charge < -0.3 is 18.6 Å². The number of rotatable bonds is 14. The fraction of sp³-hybridized carbons (Fsp3) is 0.556. The Morgan fingerprint density at radius 2 is 1.61 bits per heavy atom. The molecule has 1 rings (SSSR count). The molecule has 0 atom stereocenters. The number of hydrogen-bond acceptors (Lipinski definition) is 4. The summed E-state index contributed by atoms with van der Waals surface area (Å²) in [6.07, 6.45) is 4.52. The van der Waals surface area contributed by atoms with Crippen LogP contribution in [-0.4, -0.2) is 35.2 Å². The molecule has 0 aromatic heterocycles. The van der Waals surface area contributed by atoms with Gasteiger partial charge in [0.1, 0.15) is 0 Å². The highest BCUT2D eigenvalue weighted by atomic mass is 28.4. The van der Waals surface area contributed by atoms with Crippen LogP contribution in [0.1, 0.15) is 39.5 Å². The van der Waals surface area contributed by atoms with Gasteiger partial charge in [-0.15, -0.1) is 0 Å². The predicted molar refractivity (Wildman–Crippen MR) is 98.6 cm³/mol. The summed E-state index contributed by atoms with van der Waals surface area (Å²) in [5.41, 5.74) is 2.91. The van der Waals surface area contributed by atoms with E-state index in [1.165, 1.54) is 12.1 Å². The monoisotopic (exact) mass is 337 g/mol. The molecule has 0 heterocycles. The van der Waals surface area contributed by atoms with Crippen molar-refractivity contribution in [3.05, 3.63) is 42.6 Å². The molecular weight excluding hydrogens is 306 g/mol. The summed E-state index contributed by atoms with van der Waals surface area (Å²) in [6.45, 7) is 10.6. The topological polar surface area (TPSA) is 39.7 Å². The Labute approximate surface area is 142 Å². The second-order valence-corrected chi connectivity index (χ2v) is 7.71. The van der Waals surface area contributed by atoms with Gasteiger partial charge in [-0.25, -0.2) is 0 Å². The summed E-state index contributed by atoms with van der Waals surface area (Å²) in [5.74, 6) is 0. The molecule has 0 aliphatic rings. The van der Waals surface area contributed by atoms with Crippen molar-refractivity contribution in [2.45, 2.75) is 39.5 Å². The van der Waals surface area contributed by atoms with Gasteiger partial charge in [0.2, 0.25) is 0 Å². The van der Waals surface area contributed by atoms with E-state index in [4.69, 9.17) is 13.3 Å². The third-order valence-electron chi connectivity index (χ3n) is 3.42. The lowest BCUT2D eigenvalue weighted by atomic mass is 10.2. The maximum absolute atomic E-state index is 5.90. The van der Waals surface area contributed by atoms with Crippen LogP contribution in [0.3, 0.4) is 0 Å². The van der Waals surface area contributed by atoms with E-state index in [0.717, 1.165) is 25.8 Å². The Morgan fingerprint density at radius 3 is 2.22 bits per heavy atom. The largest absolute Gasteiger partial charge is 0.528 e. The SMILES string of the molecule is C=C[Si](OCC)(OCC)OCCCCCCNc1ccccc1. The van der Waals surface area contributed by atoms with Crippen LogP contribution in [0.2, 0.25) is 0 Å². The van der Waals surface area contributed by atoms with Gasteiger partial charge in [0.25, 0.3) is 0 Å². The van der Waals surface area contributed by atoms with Crippen LogP contribution in [0, 0.1) is 0 Å². The molecule has 0 spiro atoms. The zero-order valence-electron chi connectivity index (χ0n) is 14.6. The quantitative estimate of drug-likeness (QED) is 0.403. The van der Waals surface area contributed by atoms with Crippen molar-refractivity contribution in [3.8, 4) is 0 Å². The molecule has 0 saturated heterocycles. The molecule has 4 nitrogen and oxygen atoms in total. The van der Waals surface area contributed by atoms with Crippen LogP contribution in [0.4, 0.5) is 5.69 Å². The highest BCUT2D eigenvalue weighted by Crippen LogP contribution is 2.13. The molecule has 0 aliphatic carbocycles. The lowest BCUT2D eigenvalue weighted by Crippen LogP contribution is -2.44. The maximum atomic E-state index is 5.90. The standard InChI is InChI=1S/C18H31NO3Si/c1-4-20-23(6-3,21-5-2)22-17-13-8-7-12-16-19-18-14-10-9-11-15-18/h6,9-11,14-15,19H,3-5,7-8,12-13,16-17H2,1-2H3. The summed E-state index contributed by atoms with van der Waals surface area (Å²) in [5, 5.41) is 3.42. The van der Waals surface area contributed by atoms with Gasteiger partial charge in [0, 0.05) is 32.1 Å². The minimum absolute atomic E-state index is 0.587. The zero-order valence-corrected chi connectivity index (χ0v) is 15.6. The fourth-order valence-corrected chi connectivity index (χ4v) is 4.13. The van der Waals surface area contributed by atoms with Crippen LogP contribution in [-0.2, 0) is 13.3 Å². The van der Waals surface area contributed by atoms with Gasteiger partial charge in [0.05, 0.1) is 0 Å². The zero-order chi connectivity index (χ0) is 16.8. The summed E-state index contributed by atoms with van der Waals surface area (Å²) < 4.78 is 17.3. The maximum Gasteiger partial charge on any atom is 0.528 e. The Kier molecular flexibility index (Phi) is 10.6. The van der Waals surface area contributed by atoms with Crippen molar-refractivity contribution in [2.24, 2.45) is 0 Å². The molecule has 0 aliphatic heterocycles. The molecule has 1 aromatic rings. The van der Waals surface area contributed by atoms with Crippen molar-refractivity contribution >= 4 is 14.5 Å². The third-order valence-corrected chi connectivity index (χ3v) is 5.91. The van der Waals surface area contributed by atoms with E-state index in [-0.39, 0.29) is 0 Å². The number of para-hydroxylation sites is 1. The smallest absolute Gasteiger partial charge is 0.385 e. The second kappa shape index (κ2) is 12.3. The van der Waals surface area contributed by atoms with Crippen molar-refractivity contribution in [3.63, 3.8) is 0 Å². The Hall–Kier alpha value is -1.14. The molecular formula is C18H31NO3Si. The van der Waals surface area contributed by atoms with E-state index in [2.05, 4.69) is 24.0 Å².